The number of pyridine rings is 1. The van der Waals surface area contributed by atoms with E-state index in [1.54, 1.807) is 18.3 Å². The quantitative estimate of drug-likeness (QED) is 0.888. The van der Waals surface area contributed by atoms with Crippen LogP contribution in [0.1, 0.15) is 5.69 Å². The molecule has 15 heavy (non-hydrogen) atoms. The summed E-state index contributed by atoms with van der Waals surface area (Å²) in [5, 5.41) is 8.54. The van der Waals surface area contributed by atoms with E-state index in [9.17, 15) is 4.79 Å². The van der Waals surface area contributed by atoms with Crippen LogP contribution in [0.15, 0.2) is 22.8 Å². The highest BCUT2D eigenvalue weighted by Crippen LogP contribution is 2.08. The molecule has 0 bridgehead atoms. The number of carboxylic acid groups (broad SMARTS) is 1. The molecule has 1 aromatic rings. The third kappa shape index (κ3) is 5.94. The first-order valence-electron chi connectivity index (χ1n) is 3.68. The van der Waals surface area contributed by atoms with Gasteiger partial charge in [-0.15, -0.1) is 24.8 Å². The van der Waals surface area contributed by atoms with Gasteiger partial charge in [-0.25, -0.2) is 0 Å². The van der Waals surface area contributed by atoms with Crippen LogP contribution in [0.4, 0.5) is 0 Å². The van der Waals surface area contributed by atoms with Gasteiger partial charge in [0.1, 0.15) is 6.04 Å². The van der Waals surface area contributed by atoms with E-state index in [1.807, 2.05) is 0 Å². The molecule has 0 aliphatic carbocycles. The van der Waals surface area contributed by atoms with Crippen molar-refractivity contribution in [2.24, 2.45) is 5.73 Å². The van der Waals surface area contributed by atoms with E-state index in [-0.39, 0.29) is 31.2 Å². The van der Waals surface area contributed by atoms with Crippen LogP contribution >= 0.6 is 40.7 Å². The summed E-state index contributed by atoms with van der Waals surface area (Å²) in [7, 11) is 0. The maximum absolute atomic E-state index is 10.4. The zero-order valence-electron chi connectivity index (χ0n) is 7.59. The molecule has 4 nitrogen and oxygen atoms in total. The molecule has 0 aliphatic heterocycles. The van der Waals surface area contributed by atoms with E-state index < -0.39 is 12.0 Å². The molecule has 1 atom stereocenters. The molecule has 0 aromatic carbocycles. The Bertz CT molecular complexity index is 308. The van der Waals surface area contributed by atoms with Crippen molar-refractivity contribution in [2.45, 2.75) is 12.5 Å². The Hall–Kier alpha value is -0.360. The number of nitrogens with two attached hydrogens (primary N) is 1. The molecule has 0 saturated carbocycles. The van der Waals surface area contributed by atoms with Gasteiger partial charge in [0, 0.05) is 22.8 Å². The number of hydrogen-bond acceptors (Lipinski definition) is 3. The van der Waals surface area contributed by atoms with Crippen LogP contribution in [0.3, 0.4) is 0 Å². The van der Waals surface area contributed by atoms with Gasteiger partial charge in [-0.3, -0.25) is 9.78 Å². The first-order valence-corrected chi connectivity index (χ1v) is 4.47. The van der Waals surface area contributed by atoms with Crippen molar-refractivity contribution in [3.05, 3.63) is 28.5 Å². The predicted molar refractivity (Wildman–Crippen MR) is 65.7 cm³/mol. The number of aliphatic carboxylic acids is 1. The van der Waals surface area contributed by atoms with Crippen LogP contribution in [0.25, 0.3) is 0 Å². The summed E-state index contributed by atoms with van der Waals surface area (Å²) < 4.78 is 0.861. The molecule has 0 fully saturated rings. The lowest BCUT2D eigenvalue weighted by molar-refractivity contribution is -0.138. The Morgan fingerprint density at radius 1 is 1.53 bits per heavy atom. The van der Waals surface area contributed by atoms with Gasteiger partial charge in [0.15, 0.2) is 0 Å². The predicted octanol–water partition coefficient (Wildman–Crippen LogP) is 1.64. The molecule has 1 aromatic heterocycles. The van der Waals surface area contributed by atoms with Gasteiger partial charge < -0.3 is 10.8 Å². The van der Waals surface area contributed by atoms with Crippen molar-refractivity contribution in [2.75, 3.05) is 0 Å². The number of aromatic nitrogens is 1. The van der Waals surface area contributed by atoms with Crippen molar-refractivity contribution in [1.29, 1.82) is 0 Å². The molecular weight excluding hydrogens is 307 g/mol. The lowest BCUT2D eigenvalue weighted by Crippen LogP contribution is -2.32. The molecule has 0 radical (unpaired) electrons. The Morgan fingerprint density at radius 2 is 2.13 bits per heavy atom. The minimum absolute atomic E-state index is 0. The summed E-state index contributed by atoms with van der Waals surface area (Å²) in [5.41, 5.74) is 6.01. The monoisotopic (exact) mass is 316 g/mol. The van der Waals surface area contributed by atoms with Gasteiger partial charge in [0.05, 0.1) is 0 Å². The number of carboxylic acids is 1. The maximum atomic E-state index is 10.4. The van der Waals surface area contributed by atoms with E-state index >= 15 is 0 Å². The number of hydrogen-bond donors (Lipinski definition) is 2. The summed E-state index contributed by atoms with van der Waals surface area (Å²) >= 11 is 3.23. The van der Waals surface area contributed by atoms with Crippen LogP contribution in [-0.4, -0.2) is 22.1 Å². The molecule has 0 aliphatic rings. The van der Waals surface area contributed by atoms with Gasteiger partial charge in [-0.05, 0) is 28.1 Å². The number of rotatable bonds is 3. The topological polar surface area (TPSA) is 76.2 Å². The van der Waals surface area contributed by atoms with Gasteiger partial charge in [-0.2, -0.15) is 0 Å². The average Bonchev–Trinajstić information content (AvgIpc) is 2.08. The van der Waals surface area contributed by atoms with Gasteiger partial charge >= 0.3 is 5.97 Å². The molecule has 1 rings (SSSR count). The first kappa shape index (κ1) is 17.0. The number of halogens is 3. The van der Waals surface area contributed by atoms with Crippen molar-refractivity contribution < 1.29 is 9.90 Å². The van der Waals surface area contributed by atoms with Crippen molar-refractivity contribution >= 4 is 46.7 Å². The molecule has 0 saturated heterocycles. The highest BCUT2D eigenvalue weighted by Gasteiger charge is 2.12. The van der Waals surface area contributed by atoms with Crippen LogP contribution in [0, 0.1) is 0 Å². The van der Waals surface area contributed by atoms with E-state index in [2.05, 4.69) is 20.9 Å². The molecule has 7 heteroatoms. The lowest BCUT2D eigenvalue weighted by atomic mass is 10.1. The standard InChI is InChI=1S/C8H9BrN2O2.2ClH/c9-5-1-2-6(11-4-5)3-7(10)8(12)13;;/h1-2,4,7H,3,10H2,(H,12,13);2*1H/t7-;;/m0../s1. The molecule has 0 unspecified atom stereocenters. The molecule has 0 spiro atoms. The van der Waals surface area contributed by atoms with Crippen molar-refractivity contribution in [3.8, 4) is 0 Å². The summed E-state index contributed by atoms with van der Waals surface area (Å²) in [6.45, 7) is 0. The molecular formula is C8H11BrCl2N2O2. The zero-order chi connectivity index (χ0) is 9.84. The summed E-state index contributed by atoms with van der Waals surface area (Å²) in [6, 6.07) is 2.66. The third-order valence-corrected chi connectivity index (χ3v) is 2.00. The summed E-state index contributed by atoms with van der Waals surface area (Å²) in [4.78, 5) is 14.4. The largest absolute Gasteiger partial charge is 0.480 e. The first-order chi connectivity index (χ1) is 6.09. The van der Waals surface area contributed by atoms with Gasteiger partial charge in [-0.1, -0.05) is 0 Å². The van der Waals surface area contributed by atoms with Crippen LogP contribution in [0.2, 0.25) is 0 Å². The second kappa shape index (κ2) is 7.87. The van der Waals surface area contributed by atoms with Gasteiger partial charge in [0.25, 0.3) is 0 Å². The minimum Gasteiger partial charge on any atom is -0.480 e. The smallest absolute Gasteiger partial charge is 0.320 e. The van der Waals surface area contributed by atoms with Gasteiger partial charge in [0.2, 0.25) is 0 Å². The Morgan fingerprint density at radius 3 is 2.53 bits per heavy atom. The molecule has 0 amide bonds. The summed E-state index contributed by atoms with van der Waals surface area (Å²) in [6.07, 6.45) is 1.87. The maximum Gasteiger partial charge on any atom is 0.320 e. The average molecular weight is 318 g/mol. The SMILES string of the molecule is Cl.Cl.N[C@@H](Cc1ccc(Br)cn1)C(=O)O. The molecule has 3 N–H and O–H groups in total. The zero-order valence-corrected chi connectivity index (χ0v) is 10.8. The van der Waals surface area contributed by atoms with Crippen LogP contribution in [0.5, 0.6) is 0 Å². The van der Waals surface area contributed by atoms with Crippen LogP contribution in [-0.2, 0) is 11.2 Å². The normalized spacial score (nSPS) is 10.8. The van der Waals surface area contributed by atoms with E-state index in [0.29, 0.717) is 5.69 Å². The highest BCUT2D eigenvalue weighted by atomic mass is 79.9. The molecule has 1 heterocycles. The minimum atomic E-state index is -1.01. The lowest BCUT2D eigenvalue weighted by Gasteiger charge is -2.04. The fraction of sp³-hybridized carbons (Fsp3) is 0.250. The van der Waals surface area contributed by atoms with Crippen molar-refractivity contribution in [1.82, 2.24) is 4.98 Å². The third-order valence-electron chi connectivity index (χ3n) is 1.53. The van der Waals surface area contributed by atoms with E-state index in [4.69, 9.17) is 10.8 Å². The molecule has 86 valence electrons. The van der Waals surface area contributed by atoms with E-state index in [0.717, 1.165) is 4.47 Å². The van der Waals surface area contributed by atoms with E-state index in [1.165, 1.54) is 0 Å². The fourth-order valence-electron chi connectivity index (χ4n) is 0.840. The van der Waals surface area contributed by atoms with Crippen LogP contribution < -0.4 is 5.73 Å². The second-order valence-electron chi connectivity index (χ2n) is 2.62. The second-order valence-corrected chi connectivity index (χ2v) is 3.53. The van der Waals surface area contributed by atoms with Crippen molar-refractivity contribution in [3.63, 3.8) is 0 Å². The Labute approximate surface area is 108 Å². The Balaban J connectivity index is 0. The highest BCUT2D eigenvalue weighted by molar-refractivity contribution is 9.10. The summed E-state index contributed by atoms with van der Waals surface area (Å²) in [5.74, 6) is -1.01. The fourth-order valence-corrected chi connectivity index (χ4v) is 1.07. The Kier molecular flexibility index (Phi) is 8.95. The number of nitrogens with zero attached hydrogens (tertiary/aromatic N) is 1. The number of carbonyl (C=O) groups is 1.